The molecule has 3 unspecified atom stereocenters. The second-order valence-corrected chi connectivity index (χ2v) is 15.0. The van der Waals surface area contributed by atoms with Crippen molar-refractivity contribution in [3.8, 4) is 0 Å². The molecule has 3 fully saturated rings. The summed E-state index contributed by atoms with van der Waals surface area (Å²) >= 11 is 8.29. The second kappa shape index (κ2) is 14.3. The maximum atomic E-state index is 15.2. The number of anilines is 1. The zero-order chi connectivity index (χ0) is 34.0. The number of hydrogen-bond donors (Lipinski definition) is 1. The maximum Gasteiger partial charge on any atom is 0.251 e. The first-order chi connectivity index (χ1) is 23.3. The normalized spacial score (nSPS) is 26.2. The smallest absolute Gasteiger partial charge is 0.251 e. The molecule has 2 bridgehead atoms. The van der Waals surface area contributed by atoms with Gasteiger partial charge in [-0.2, -0.15) is 0 Å². The Morgan fingerprint density at radius 2 is 1.60 bits per heavy atom. The highest BCUT2D eigenvalue weighted by Gasteiger charge is 2.77. The summed E-state index contributed by atoms with van der Waals surface area (Å²) in [6.07, 6.45) is 4.43. The van der Waals surface area contributed by atoms with Crippen molar-refractivity contribution in [1.82, 2.24) is 9.80 Å². The molecular formula is C39H42ClN3O4S. The zero-order valence-electron chi connectivity index (χ0n) is 27.2. The van der Waals surface area contributed by atoms with Crippen LogP contribution in [0, 0.1) is 17.8 Å². The molecule has 3 amide bonds. The van der Waals surface area contributed by atoms with Gasteiger partial charge in [0.25, 0.3) is 5.91 Å². The SMILES string of the molecule is C=CCN(Cc1ccccc1)C(=O)[C@@H]1[C@H]2C(=O)N([C@@H](CO)Cc3ccccc3)C(C(=O)N(CC=C)c3ccccc3Cl)C23S[C@@H]1CC3C. The number of carbonyl (C=O) groups is 3. The van der Waals surface area contributed by atoms with Gasteiger partial charge in [0.1, 0.15) is 6.04 Å². The lowest BCUT2D eigenvalue weighted by molar-refractivity contribution is -0.145. The first kappa shape index (κ1) is 34.0. The molecule has 48 heavy (non-hydrogen) atoms. The van der Waals surface area contributed by atoms with Crippen molar-refractivity contribution in [2.24, 2.45) is 17.8 Å². The van der Waals surface area contributed by atoms with Crippen molar-refractivity contribution in [3.05, 3.63) is 126 Å². The number of aliphatic hydroxyl groups is 1. The van der Waals surface area contributed by atoms with Gasteiger partial charge in [0.15, 0.2) is 0 Å². The molecule has 7 atom stereocenters. The van der Waals surface area contributed by atoms with Crippen LogP contribution in [0.15, 0.2) is 110 Å². The number of likely N-dealkylation sites (tertiary alicyclic amines) is 1. The van der Waals surface area contributed by atoms with E-state index < -0.39 is 28.7 Å². The van der Waals surface area contributed by atoms with Gasteiger partial charge in [0.05, 0.1) is 39.9 Å². The van der Waals surface area contributed by atoms with E-state index in [0.717, 1.165) is 11.1 Å². The van der Waals surface area contributed by atoms with Gasteiger partial charge in [-0.25, -0.2) is 0 Å². The minimum Gasteiger partial charge on any atom is -0.394 e. The molecule has 0 aliphatic carbocycles. The summed E-state index contributed by atoms with van der Waals surface area (Å²) in [4.78, 5) is 49.9. The molecule has 3 aliphatic heterocycles. The average molecular weight is 684 g/mol. The summed E-state index contributed by atoms with van der Waals surface area (Å²) < 4.78 is -0.878. The summed E-state index contributed by atoms with van der Waals surface area (Å²) in [6, 6.07) is 25.0. The quantitative estimate of drug-likeness (QED) is 0.223. The van der Waals surface area contributed by atoms with Crippen LogP contribution in [0.3, 0.4) is 0 Å². The van der Waals surface area contributed by atoms with Crippen LogP contribution in [0.1, 0.15) is 24.5 Å². The van der Waals surface area contributed by atoms with Crippen LogP contribution >= 0.6 is 23.4 Å². The molecule has 0 saturated carbocycles. The second-order valence-electron chi connectivity index (χ2n) is 13.0. The van der Waals surface area contributed by atoms with Crippen LogP contribution in [-0.2, 0) is 27.3 Å². The monoisotopic (exact) mass is 683 g/mol. The largest absolute Gasteiger partial charge is 0.394 e. The van der Waals surface area contributed by atoms with Crippen molar-refractivity contribution in [2.45, 2.75) is 48.4 Å². The highest BCUT2D eigenvalue weighted by molar-refractivity contribution is 8.02. The predicted octanol–water partition coefficient (Wildman–Crippen LogP) is 6.01. The average Bonchev–Trinajstić information content (AvgIpc) is 3.70. The topological polar surface area (TPSA) is 81.2 Å². The Hall–Kier alpha value is -3.85. The molecule has 250 valence electrons. The molecule has 3 aromatic rings. The van der Waals surface area contributed by atoms with Crippen molar-refractivity contribution in [2.75, 3.05) is 24.6 Å². The Morgan fingerprint density at radius 1 is 0.979 bits per heavy atom. The Bertz CT molecular complexity index is 1670. The first-order valence-electron chi connectivity index (χ1n) is 16.5. The standard InChI is InChI=1S/C39H42ClN3O4S/c1-4-20-41(24-28-16-10-7-11-17-28)36(45)33-32-22-26(3)39(48-32)34(33)37(46)43(29(25-44)23-27-14-8-6-9-15-27)35(39)38(47)42(21-5-2)31-19-13-12-18-30(31)40/h4-19,26,29,32-35,44H,1-2,20-25H2,3H3/t26?,29-,32-,33+,34+,35?,39?/m1/s1. The number of amides is 3. The lowest BCUT2D eigenvalue weighted by atomic mass is 9.65. The Balaban J connectivity index is 1.46. The number of hydrogen-bond acceptors (Lipinski definition) is 5. The van der Waals surface area contributed by atoms with E-state index in [0.29, 0.717) is 36.6 Å². The van der Waals surface area contributed by atoms with Gasteiger partial charge in [0, 0.05) is 24.9 Å². The summed E-state index contributed by atoms with van der Waals surface area (Å²) in [6.45, 7) is 10.5. The van der Waals surface area contributed by atoms with Crippen LogP contribution in [-0.4, -0.2) is 74.4 Å². The summed E-state index contributed by atoms with van der Waals surface area (Å²) in [5.41, 5.74) is 2.46. The predicted molar refractivity (Wildman–Crippen MR) is 193 cm³/mol. The number of fused-ring (bicyclic) bond motifs is 1. The van der Waals surface area contributed by atoms with Gasteiger partial charge in [0.2, 0.25) is 11.8 Å². The van der Waals surface area contributed by atoms with E-state index in [2.05, 4.69) is 20.1 Å². The fourth-order valence-electron chi connectivity index (χ4n) is 8.21. The number of rotatable bonds is 13. The molecular weight excluding hydrogens is 642 g/mol. The van der Waals surface area contributed by atoms with Crippen LogP contribution in [0.25, 0.3) is 0 Å². The number of halogens is 1. The molecule has 7 nitrogen and oxygen atoms in total. The van der Waals surface area contributed by atoms with E-state index in [9.17, 15) is 9.90 Å². The van der Waals surface area contributed by atoms with Crippen LogP contribution in [0.2, 0.25) is 5.02 Å². The minimum atomic E-state index is -0.933. The summed E-state index contributed by atoms with van der Waals surface area (Å²) in [5.74, 6) is -2.03. The highest BCUT2D eigenvalue weighted by atomic mass is 35.5. The van der Waals surface area contributed by atoms with Gasteiger partial charge < -0.3 is 19.8 Å². The molecule has 3 aromatic carbocycles. The van der Waals surface area contributed by atoms with Crippen LogP contribution in [0.5, 0.6) is 0 Å². The van der Waals surface area contributed by atoms with E-state index >= 15 is 9.59 Å². The number of thioether (sulfide) groups is 1. The minimum absolute atomic E-state index is 0.0423. The fraction of sp³-hybridized carbons (Fsp3) is 0.359. The Morgan fingerprint density at radius 3 is 2.23 bits per heavy atom. The molecule has 0 radical (unpaired) electrons. The molecule has 1 spiro atoms. The lowest BCUT2D eigenvalue weighted by Gasteiger charge is -2.42. The highest BCUT2D eigenvalue weighted by Crippen LogP contribution is 2.69. The molecule has 6 rings (SSSR count). The zero-order valence-corrected chi connectivity index (χ0v) is 28.7. The van der Waals surface area contributed by atoms with Crippen molar-refractivity contribution >= 4 is 46.8 Å². The van der Waals surface area contributed by atoms with Gasteiger partial charge >= 0.3 is 0 Å². The van der Waals surface area contributed by atoms with E-state index in [4.69, 9.17) is 11.6 Å². The number of nitrogens with zero attached hydrogens (tertiary/aromatic N) is 3. The first-order valence-corrected chi connectivity index (χ1v) is 17.8. The van der Waals surface area contributed by atoms with E-state index in [1.54, 1.807) is 56.8 Å². The summed E-state index contributed by atoms with van der Waals surface area (Å²) in [7, 11) is 0. The molecule has 3 saturated heterocycles. The Kier molecular flexibility index (Phi) is 10.2. The fourth-order valence-corrected chi connectivity index (χ4v) is 10.8. The van der Waals surface area contributed by atoms with Gasteiger partial charge in [-0.1, -0.05) is 103 Å². The van der Waals surface area contributed by atoms with Gasteiger partial charge in [-0.15, -0.1) is 24.9 Å². The molecule has 3 heterocycles. The van der Waals surface area contributed by atoms with Crippen molar-refractivity contribution in [3.63, 3.8) is 0 Å². The number of para-hydroxylation sites is 1. The van der Waals surface area contributed by atoms with Crippen molar-refractivity contribution < 1.29 is 19.5 Å². The number of carbonyl (C=O) groups excluding carboxylic acids is 3. The maximum absolute atomic E-state index is 15.2. The lowest BCUT2D eigenvalue weighted by Crippen LogP contribution is -2.59. The number of benzene rings is 3. The third kappa shape index (κ3) is 5.88. The third-order valence-electron chi connectivity index (χ3n) is 10.2. The molecule has 3 aliphatic rings. The van der Waals surface area contributed by atoms with Crippen LogP contribution in [0.4, 0.5) is 5.69 Å². The van der Waals surface area contributed by atoms with Crippen LogP contribution < -0.4 is 4.90 Å². The van der Waals surface area contributed by atoms with E-state index in [-0.39, 0.29) is 42.0 Å². The summed E-state index contributed by atoms with van der Waals surface area (Å²) in [5, 5.41) is 11.2. The van der Waals surface area contributed by atoms with Gasteiger partial charge in [-0.3, -0.25) is 14.4 Å². The van der Waals surface area contributed by atoms with Gasteiger partial charge in [-0.05, 0) is 42.0 Å². The third-order valence-corrected chi connectivity index (χ3v) is 12.6. The van der Waals surface area contributed by atoms with E-state index in [1.807, 2.05) is 66.7 Å². The molecule has 9 heteroatoms. The molecule has 1 N–H and O–H groups in total. The number of aliphatic hydroxyl groups excluding tert-OH is 1. The van der Waals surface area contributed by atoms with Crippen molar-refractivity contribution in [1.29, 1.82) is 0 Å². The molecule has 0 aromatic heterocycles. The van der Waals surface area contributed by atoms with E-state index in [1.165, 1.54) is 0 Å². The Labute approximate surface area is 292 Å².